The highest BCUT2D eigenvalue weighted by molar-refractivity contribution is 9.10. The number of halogens is 1. The summed E-state index contributed by atoms with van der Waals surface area (Å²) in [7, 11) is 3.81. The second-order valence-corrected chi connectivity index (χ2v) is 8.17. The molecule has 2 aromatic heterocycles. The molecule has 3 heterocycles. The zero-order valence-electron chi connectivity index (χ0n) is 16.1. The minimum absolute atomic E-state index is 0.0442. The molecule has 6 heteroatoms. The van der Waals surface area contributed by atoms with Crippen molar-refractivity contribution >= 4 is 33.0 Å². The van der Waals surface area contributed by atoms with E-state index in [1.165, 1.54) is 12.8 Å². The summed E-state index contributed by atoms with van der Waals surface area (Å²) in [5, 5.41) is 4.90. The number of hydrogen-bond acceptors (Lipinski definition) is 4. The van der Waals surface area contributed by atoms with Crippen LogP contribution in [0.5, 0.6) is 0 Å². The number of pyridine rings is 1. The van der Waals surface area contributed by atoms with Crippen molar-refractivity contribution < 1.29 is 4.79 Å². The Morgan fingerprint density at radius 1 is 1.14 bits per heavy atom. The number of carbonyl (C=O) groups is 1. The molecule has 1 aliphatic heterocycles. The first-order valence-electron chi connectivity index (χ1n) is 9.46. The molecule has 0 atom stereocenters. The first kappa shape index (κ1) is 18.7. The summed E-state index contributed by atoms with van der Waals surface area (Å²) in [5.41, 5.74) is 3.11. The van der Waals surface area contributed by atoms with Gasteiger partial charge in [-0.1, -0.05) is 34.1 Å². The van der Waals surface area contributed by atoms with Crippen LogP contribution in [0.3, 0.4) is 0 Å². The highest BCUT2D eigenvalue weighted by atomic mass is 79.9. The van der Waals surface area contributed by atoms with E-state index in [1.807, 2.05) is 59.9 Å². The van der Waals surface area contributed by atoms with Crippen LogP contribution in [0, 0.1) is 0 Å². The fourth-order valence-corrected chi connectivity index (χ4v) is 4.02. The van der Waals surface area contributed by atoms with Gasteiger partial charge in [-0.25, -0.2) is 4.52 Å². The zero-order valence-corrected chi connectivity index (χ0v) is 17.7. The number of benzene rings is 1. The maximum Gasteiger partial charge on any atom is 0.191 e. The van der Waals surface area contributed by atoms with Crippen molar-refractivity contribution in [1.82, 2.24) is 14.5 Å². The van der Waals surface area contributed by atoms with Crippen LogP contribution in [-0.4, -0.2) is 47.5 Å². The highest BCUT2D eigenvalue weighted by Gasteiger charge is 2.23. The number of aromatic nitrogens is 2. The average Bonchev–Trinajstić information content (AvgIpc) is 3.33. The summed E-state index contributed by atoms with van der Waals surface area (Å²) in [6, 6.07) is 14.0. The van der Waals surface area contributed by atoms with Crippen molar-refractivity contribution in [2.45, 2.75) is 12.8 Å². The van der Waals surface area contributed by atoms with Crippen LogP contribution < -0.4 is 4.90 Å². The van der Waals surface area contributed by atoms with Gasteiger partial charge in [-0.15, -0.1) is 0 Å². The van der Waals surface area contributed by atoms with Crippen molar-refractivity contribution in [2.24, 2.45) is 0 Å². The molecule has 1 aliphatic rings. The van der Waals surface area contributed by atoms with Gasteiger partial charge in [0.2, 0.25) is 0 Å². The lowest BCUT2D eigenvalue weighted by Gasteiger charge is -2.18. The Labute approximate surface area is 173 Å². The van der Waals surface area contributed by atoms with Gasteiger partial charge >= 0.3 is 0 Å². The number of anilines is 1. The lowest BCUT2D eigenvalue weighted by atomic mass is 10.0. The number of ketones is 1. The Morgan fingerprint density at radius 2 is 1.89 bits per heavy atom. The Bertz CT molecular complexity index is 1050. The molecule has 1 fully saturated rings. The smallest absolute Gasteiger partial charge is 0.191 e. The number of fused-ring (bicyclic) bond motifs is 1. The summed E-state index contributed by atoms with van der Waals surface area (Å²) in [5.74, 6) is 0.999. The first-order valence-corrected chi connectivity index (χ1v) is 10.3. The molecule has 144 valence electrons. The van der Waals surface area contributed by atoms with E-state index in [1.54, 1.807) is 12.3 Å². The van der Waals surface area contributed by atoms with E-state index in [0.29, 0.717) is 11.3 Å². The fraction of sp³-hybridized carbons (Fsp3) is 0.273. The van der Waals surface area contributed by atoms with Gasteiger partial charge in [0.1, 0.15) is 11.5 Å². The highest BCUT2D eigenvalue weighted by Crippen LogP contribution is 2.32. The number of hydrogen-bond donors (Lipinski definition) is 0. The molecule has 0 unspecified atom stereocenters. The minimum Gasteiger partial charge on any atom is -0.383 e. The third-order valence-corrected chi connectivity index (χ3v) is 5.43. The molecule has 0 N–H and O–H groups in total. The van der Waals surface area contributed by atoms with E-state index in [-0.39, 0.29) is 5.78 Å². The number of rotatable bonds is 5. The molecule has 0 aliphatic carbocycles. The molecule has 3 aromatic rings. The van der Waals surface area contributed by atoms with Crippen molar-refractivity contribution in [3.8, 4) is 11.3 Å². The number of carbonyl (C=O) groups excluding carboxylic acids is 1. The lowest BCUT2D eigenvalue weighted by molar-refractivity contribution is 0.104. The number of nitrogens with zero attached hydrogens (tertiary/aromatic N) is 4. The van der Waals surface area contributed by atoms with E-state index >= 15 is 0 Å². The van der Waals surface area contributed by atoms with Crippen LogP contribution >= 0.6 is 15.9 Å². The molecule has 0 amide bonds. The molecule has 0 bridgehead atoms. The Morgan fingerprint density at radius 3 is 2.61 bits per heavy atom. The van der Waals surface area contributed by atoms with E-state index in [0.717, 1.165) is 34.5 Å². The van der Waals surface area contributed by atoms with Crippen molar-refractivity contribution in [3.63, 3.8) is 0 Å². The van der Waals surface area contributed by atoms with Gasteiger partial charge in [0, 0.05) is 49.5 Å². The molecule has 4 rings (SSSR count). The molecule has 5 nitrogen and oxygen atoms in total. The third kappa shape index (κ3) is 3.56. The van der Waals surface area contributed by atoms with Gasteiger partial charge in [0.15, 0.2) is 5.78 Å². The Kier molecular flexibility index (Phi) is 5.22. The predicted molar refractivity (Wildman–Crippen MR) is 117 cm³/mol. The topological polar surface area (TPSA) is 40.9 Å². The minimum atomic E-state index is -0.0442. The summed E-state index contributed by atoms with van der Waals surface area (Å²) in [4.78, 5) is 17.3. The van der Waals surface area contributed by atoms with E-state index in [9.17, 15) is 4.79 Å². The normalized spacial score (nSPS) is 14.3. The second-order valence-electron chi connectivity index (χ2n) is 7.25. The van der Waals surface area contributed by atoms with Gasteiger partial charge in [0.25, 0.3) is 0 Å². The molecular formula is C22H23BrN4O. The van der Waals surface area contributed by atoms with Gasteiger partial charge in [-0.05, 0) is 37.1 Å². The van der Waals surface area contributed by atoms with Gasteiger partial charge in [0.05, 0.1) is 11.1 Å². The van der Waals surface area contributed by atoms with Crippen molar-refractivity contribution in [1.29, 1.82) is 0 Å². The average molecular weight is 439 g/mol. The predicted octanol–water partition coefficient (Wildman–Crippen LogP) is 4.62. The Hall–Kier alpha value is -2.60. The van der Waals surface area contributed by atoms with Crippen molar-refractivity contribution in [3.05, 3.63) is 64.8 Å². The van der Waals surface area contributed by atoms with Gasteiger partial charge in [-0.2, -0.15) is 5.10 Å². The molecule has 0 spiro atoms. The molecular weight excluding hydrogens is 416 g/mol. The SMILES string of the molecule is CN(C)/C=C/C(=O)c1c(-c2cccc(Br)c2)nn2c(N3CCCC3)cccc12. The van der Waals surface area contributed by atoms with E-state index in [2.05, 4.69) is 26.9 Å². The third-order valence-electron chi connectivity index (χ3n) is 4.94. The lowest BCUT2D eigenvalue weighted by Crippen LogP contribution is -2.20. The quantitative estimate of drug-likeness (QED) is 0.430. The summed E-state index contributed by atoms with van der Waals surface area (Å²) >= 11 is 3.53. The van der Waals surface area contributed by atoms with Crippen LogP contribution in [0.25, 0.3) is 16.8 Å². The van der Waals surface area contributed by atoms with Gasteiger partial charge in [-0.3, -0.25) is 4.79 Å². The molecule has 0 saturated carbocycles. The number of allylic oxidation sites excluding steroid dienone is 1. The molecule has 1 saturated heterocycles. The summed E-state index contributed by atoms with van der Waals surface area (Å²) < 4.78 is 2.89. The van der Waals surface area contributed by atoms with Crippen LogP contribution in [0.1, 0.15) is 23.2 Å². The van der Waals surface area contributed by atoms with Crippen LogP contribution in [-0.2, 0) is 0 Å². The molecule has 0 radical (unpaired) electrons. The summed E-state index contributed by atoms with van der Waals surface area (Å²) in [6.07, 6.45) is 5.77. The fourth-order valence-electron chi connectivity index (χ4n) is 3.62. The second kappa shape index (κ2) is 7.80. The first-order chi connectivity index (χ1) is 13.5. The summed E-state index contributed by atoms with van der Waals surface area (Å²) in [6.45, 7) is 2.05. The van der Waals surface area contributed by atoms with Gasteiger partial charge < -0.3 is 9.80 Å². The molecule has 1 aromatic carbocycles. The van der Waals surface area contributed by atoms with E-state index in [4.69, 9.17) is 5.10 Å². The van der Waals surface area contributed by atoms with Crippen LogP contribution in [0.15, 0.2) is 59.2 Å². The molecule has 28 heavy (non-hydrogen) atoms. The maximum absolute atomic E-state index is 13.1. The maximum atomic E-state index is 13.1. The van der Waals surface area contributed by atoms with Crippen molar-refractivity contribution in [2.75, 3.05) is 32.1 Å². The zero-order chi connectivity index (χ0) is 19.7. The largest absolute Gasteiger partial charge is 0.383 e. The monoisotopic (exact) mass is 438 g/mol. The van der Waals surface area contributed by atoms with Crippen LogP contribution in [0.2, 0.25) is 0 Å². The standard InChI is InChI=1S/C22H23BrN4O/c1-25(2)14-11-19(28)21-18-9-6-10-20(26-12-3-4-13-26)27(18)24-22(21)16-7-5-8-17(23)15-16/h5-11,14-15H,3-4,12-13H2,1-2H3/b14-11+. The Balaban J connectivity index is 1.94. The van der Waals surface area contributed by atoms with E-state index < -0.39 is 0 Å². The van der Waals surface area contributed by atoms with Crippen LogP contribution in [0.4, 0.5) is 5.82 Å².